The number of aromatic nitrogens is 3. The molecule has 1 aliphatic carbocycles. The van der Waals surface area contributed by atoms with E-state index in [1.807, 2.05) is 18.2 Å². The number of rotatable bonds is 3. The van der Waals surface area contributed by atoms with Gasteiger partial charge in [-0.05, 0) is 25.0 Å². The van der Waals surface area contributed by atoms with E-state index in [2.05, 4.69) is 28.1 Å². The Morgan fingerprint density at radius 1 is 1.04 bits per heavy atom. The Morgan fingerprint density at radius 3 is 2.79 bits per heavy atom. The first-order chi connectivity index (χ1) is 13.8. The van der Waals surface area contributed by atoms with Crippen LogP contribution in [0, 0.1) is 0 Å². The van der Waals surface area contributed by atoms with Gasteiger partial charge in [0.25, 0.3) is 5.56 Å². The van der Waals surface area contributed by atoms with Crippen LogP contribution in [0.25, 0.3) is 10.9 Å². The van der Waals surface area contributed by atoms with Crippen LogP contribution in [0.5, 0.6) is 0 Å². The van der Waals surface area contributed by atoms with E-state index >= 15 is 0 Å². The highest BCUT2D eigenvalue weighted by Gasteiger charge is 2.24. The maximum absolute atomic E-state index is 12.8. The van der Waals surface area contributed by atoms with Crippen molar-refractivity contribution in [3.63, 3.8) is 0 Å². The maximum Gasteiger partial charge on any atom is 0.255 e. The molecule has 3 aromatic rings. The molecule has 5 rings (SSSR count). The van der Waals surface area contributed by atoms with Crippen molar-refractivity contribution in [1.29, 1.82) is 0 Å². The highest BCUT2D eigenvalue weighted by atomic mass is 16.1. The molecular weight excluding hydrogens is 348 g/mol. The third kappa shape index (κ3) is 3.47. The fourth-order valence-corrected chi connectivity index (χ4v) is 4.63. The molecule has 1 aliphatic heterocycles. The molecule has 0 amide bonds. The third-order valence-electron chi connectivity index (χ3n) is 6.20. The van der Waals surface area contributed by atoms with Gasteiger partial charge in [-0.2, -0.15) is 0 Å². The van der Waals surface area contributed by atoms with Crippen molar-refractivity contribution >= 4 is 10.9 Å². The predicted octanol–water partition coefficient (Wildman–Crippen LogP) is 3.92. The van der Waals surface area contributed by atoms with Crippen LogP contribution in [0.4, 0.5) is 0 Å². The molecule has 0 saturated heterocycles. The summed E-state index contributed by atoms with van der Waals surface area (Å²) in [6, 6.07) is 12.4. The molecule has 1 aromatic carbocycles. The van der Waals surface area contributed by atoms with E-state index in [4.69, 9.17) is 9.97 Å². The topological polar surface area (TPSA) is 61.9 Å². The van der Waals surface area contributed by atoms with E-state index < -0.39 is 0 Å². The summed E-state index contributed by atoms with van der Waals surface area (Å²) < 4.78 is 0. The Balaban J connectivity index is 1.35. The molecule has 5 nitrogen and oxygen atoms in total. The van der Waals surface area contributed by atoms with Gasteiger partial charge in [0.1, 0.15) is 5.82 Å². The van der Waals surface area contributed by atoms with E-state index in [1.54, 1.807) is 0 Å². The molecule has 0 spiro atoms. The summed E-state index contributed by atoms with van der Waals surface area (Å²) in [5.41, 5.74) is 3.97. The van der Waals surface area contributed by atoms with Crippen molar-refractivity contribution in [3.8, 4) is 0 Å². The number of fused-ring (bicyclic) bond motifs is 2. The van der Waals surface area contributed by atoms with Gasteiger partial charge in [0.05, 0.1) is 22.5 Å². The Kier molecular flexibility index (Phi) is 4.69. The molecule has 0 unspecified atom stereocenters. The number of hydrogen-bond acceptors (Lipinski definition) is 4. The molecule has 0 atom stereocenters. The number of para-hydroxylation sites is 1. The average Bonchev–Trinajstić information content (AvgIpc) is 2.74. The highest BCUT2D eigenvalue weighted by molar-refractivity contribution is 5.78. The summed E-state index contributed by atoms with van der Waals surface area (Å²) >= 11 is 0. The number of H-pyrrole nitrogens is 1. The number of nitrogens with one attached hydrogen (secondary N) is 1. The second kappa shape index (κ2) is 7.47. The second-order valence-corrected chi connectivity index (χ2v) is 8.17. The molecule has 2 aromatic heterocycles. The monoisotopic (exact) mass is 374 g/mol. The molecule has 28 heavy (non-hydrogen) atoms. The zero-order chi connectivity index (χ0) is 18.9. The zero-order valence-corrected chi connectivity index (χ0v) is 16.2. The number of benzene rings is 1. The lowest BCUT2D eigenvalue weighted by molar-refractivity contribution is 0.238. The van der Waals surface area contributed by atoms with Crippen molar-refractivity contribution in [2.45, 2.75) is 57.5 Å². The standard InChI is InChI=1S/C23H26N4O/c28-23-19-15-27(14-18-11-10-16-6-4-5-9-20(16)24-18)13-12-21(19)25-22(26-23)17-7-2-1-3-8-17/h4-6,9-11,17H,1-3,7-8,12-15H2,(H,25,26,28). The zero-order valence-electron chi connectivity index (χ0n) is 16.2. The molecule has 0 radical (unpaired) electrons. The first-order valence-electron chi connectivity index (χ1n) is 10.5. The van der Waals surface area contributed by atoms with Crippen molar-refractivity contribution in [2.24, 2.45) is 0 Å². The minimum absolute atomic E-state index is 0.0572. The number of pyridine rings is 1. The Hall–Kier alpha value is -2.53. The quantitative estimate of drug-likeness (QED) is 0.755. The lowest BCUT2D eigenvalue weighted by atomic mass is 9.88. The molecule has 3 heterocycles. The van der Waals surface area contributed by atoms with Crippen LogP contribution in [-0.4, -0.2) is 26.4 Å². The summed E-state index contributed by atoms with van der Waals surface area (Å²) in [5, 5.41) is 1.16. The van der Waals surface area contributed by atoms with E-state index in [0.717, 1.165) is 66.0 Å². The van der Waals surface area contributed by atoms with E-state index in [1.165, 1.54) is 19.3 Å². The van der Waals surface area contributed by atoms with Crippen LogP contribution in [0.15, 0.2) is 41.2 Å². The molecule has 1 fully saturated rings. The Bertz CT molecular complexity index is 1050. The van der Waals surface area contributed by atoms with Gasteiger partial charge in [0, 0.05) is 37.4 Å². The predicted molar refractivity (Wildman–Crippen MR) is 110 cm³/mol. The van der Waals surface area contributed by atoms with Crippen LogP contribution >= 0.6 is 0 Å². The van der Waals surface area contributed by atoms with E-state index in [9.17, 15) is 4.79 Å². The largest absolute Gasteiger partial charge is 0.310 e. The minimum atomic E-state index is 0.0572. The number of nitrogens with zero attached hydrogens (tertiary/aromatic N) is 3. The minimum Gasteiger partial charge on any atom is -0.310 e. The molecule has 144 valence electrons. The summed E-state index contributed by atoms with van der Waals surface area (Å²) in [5.74, 6) is 1.36. The Morgan fingerprint density at radius 2 is 1.89 bits per heavy atom. The van der Waals surface area contributed by atoms with Crippen molar-refractivity contribution in [3.05, 3.63) is 69.5 Å². The summed E-state index contributed by atoms with van der Waals surface area (Å²) in [7, 11) is 0. The van der Waals surface area contributed by atoms with E-state index in [0.29, 0.717) is 12.5 Å². The molecule has 5 heteroatoms. The van der Waals surface area contributed by atoms with Crippen LogP contribution in [0.2, 0.25) is 0 Å². The molecule has 0 bridgehead atoms. The fraction of sp³-hybridized carbons (Fsp3) is 0.435. The van der Waals surface area contributed by atoms with Gasteiger partial charge in [-0.25, -0.2) is 4.98 Å². The number of hydrogen-bond donors (Lipinski definition) is 1. The SMILES string of the molecule is O=c1[nH]c(C2CCCCC2)nc2c1CN(Cc1ccc3ccccc3n1)CC2. The average molecular weight is 374 g/mol. The van der Waals surface area contributed by atoms with Crippen molar-refractivity contribution in [2.75, 3.05) is 6.54 Å². The van der Waals surface area contributed by atoms with Gasteiger partial charge >= 0.3 is 0 Å². The van der Waals surface area contributed by atoms with Gasteiger partial charge in [-0.15, -0.1) is 0 Å². The Labute approximate surface area is 164 Å². The van der Waals surface area contributed by atoms with Crippen molar-refractivity contribution in [1.82, 2.24) is 19.9 Å². The lowest BCUT2D eigenvalue weighted by Crippen LogP contribution is -2.36. The first-order valence-corrected chi connectivity index (χ1v) is 10.5. The molecule has 2 aliphatic rings. The first kappa shape index (κ1) is 17.6. The normalized spacial score (nSPS) is 18.3. The van der Waals surface area contributed by atoms with Crippen LogP contribution in [-0.2, 0) is 19.5 Å². The fourth-order valence-electron chi connectivity index (χ4n) is 4.63. The summed E-state index contributed by atoms with van der Waals surface area (Å²) in [6.45, 7) is 2.33. The van der Waals surface area contributed by atoms with Crippen molar-refractivity contribution < 1.29 is 0 Å². The van der Waals surface area contributed by atoms with Gasteiger partial charge in [-0.1, -0.05) is 43.5 Å². The highest BCUT2D eigenvalue weighted by Crippen LogP contribution is 2.30. The molecule has 1 saturated carbocycles. The summed E-state index contributed by atoms with van der Waals surface area (Å²) in [6.07, 6.45) is 6.95. The van der Waals surface area contributed by atoms with Crippen LogP contribution in [0.3, 0.4) is 0 Å². The van der Waals surface area contributed by atoms with Gasteiger partial charge in [0.2, 0.25) is 0 Å². The van der Waals surface area contributed by atoms with Gasteiger partial charge in [0.15, 0.2) is 0 Å². The van der Waals surface area contributed by atoms with Crippen LogP contribution < -0.4 is 5.56 Å². The van der Waals surface area contributed by atoms with E-state index in [-0.39, 0.29) is 5.56 Å². The number of aromatic amines is 1. The maximum atomic E-state index is 12.8. The molecular formula is C23H26N4O. The third-order valence-corrected chi connectivity index (χ3v) is 6.20. The molecule has 1 N–H and O–H groups in total. The summed E-state index contributed by atoms with van der Waals surface area (Å²) in [4.78, 5) is 27.8. The lowest BCUT2D eigenvalue weighted by Gasteiger charge is -2.28. The smallest absolute Gasteiger partial charge is 0.255 e. The van der Waals surface area contributed by atoms with Crippen LogP contribution in [0.1, 0.15) is 60.8 Å². The van der Waals surface area contributed by atoms with Gasteiger partial charge < -0.3 is 4.98 Å². The van der Waals surface area contributed by atoms with Gasteiger partial charge in [-0.3, -0.25) is 14.7 Å². The second-order valence-electron chi connectivity index (χ2n) is 8.17.